The van der Waals surface area contributed by atoms with Gasteiger partial charge in [0, 0.05) is 10.2 Å². The van der Waals surface area contributed by atoms with Gasteiger partial charge in [-0.2, -0.15) is 0 Å². The first-order chi connectivity index (χ1) is 9.45. The van der Waals surface area contributed by atoms with Crippen LogP contribution in [0.15, 0.2) is 40.9 Å². The number of nitrogens with one attached hydrogen (secondary N) is 2. The van der Waals surface area contributed by atoms with Crippen LogP contribution in [0.25, 0.3) is 0 Å². The lowest BCUT2D eigenvalue weighted by atomic mass is 10.2. The largest absolute Gasteiger partial charge is 0.323 e. The Bertz CT molecular complexity index is 621. The fourth-order valence-corrected chi connectivity index (χ4v) is 1.98. The molecule has 104 valence electrons. The highest BCUT2D eigenvalue weighted by Crippen LogP contribution is 2.24. The molecule has 0 aliphatic heterocycles. The summed E-state index contributed by atoms with van der Waals surface area (Å²) in [7, 11) is 0. The molecule has 0 saturated carbocycles. The predicted molar refractivity (Wildman–Crippen MR) is 77.9 cm³/mol. The highest BCUT2D eigenvalue weighted by atomic mass is 79.9. The molecule has 2 aromatic carbocycles. The third-order valence-corrected chi connectivity index (χ3v) is 3.01. The van der Waals surface area contributed by atoms with Gasteiger partial charge < -0.3 is 10.6 Å². The van der Waals surface area contributed by atoms with Gasteiger partial charge in [-0.25, -0.2) is 13.6 Å². The lowest BCUT2D eigenvalue weighted by molar-refractivity contribution is 0.262. The average molecular weight is 341 g/mol. The van der Waals surface area contributed by atoms with Gasteiger partial charge in [-0.15, -0.1) is 0 Å². The van der Waals surface area contributed by atoms with Crippen LogP contribution in [0.3, 0.4) is 0 Å². The predicted octanol–water partition coefficient (Wildman–Crippen LogP) is 4.68. The van der Waals surface area contributed by atoms with E-state index in [0.717, 1.165) is 17.7 Å². The zero-order chi connectivity index (χ0) is 14.7. The summed E-state index contributed by atoms with van der Waals surface area (Å²) in [5, 5.41) is 4.64. The molecule has 0 spiro atoms. The Kier molecular flexibility index (Phi) is 4.34. The van der Waals surface area contributed by atoms with E-state index in [1.807, 2.05) is 19.1 Å². The van der Waals surface area contributed by atoms with Crippen molar-refractivity contribution in [3.05, 3.63) is 58.1 Å². The molecule has 0 unspecified atom stereocenters. The number of halogens is 3. The summed E-state index contributed by atoms with van der Waals surface area (Å²) in [5.74, 6) is -1.70. The summed E-state index contributed by atoms with van der Waals surface area (Å²) in [6.45, 7) is 1.91. The lowest BCUT2D eigenvalue weighted by Crippen LogP contribution is -2.21. The van der Waals surface area contributed by atoms with Crippen LogP contribution in [-0.4, -0.2) is 6.03 Å². The van der Waals surface area contributed by atoms with Crippen LogP contribution in [0.5, 0.6) is 0 Å². The van der Waals surface area contributed by atoms with Crippen molar-refractivity contribution in [1.82, 2.24) is 0 Å². The van der Waals surface area contributed by atoms with Crippen LogP contribution in [0.1, 0.15) is 5.56 Å². The normalized spacial score (nSPS) is 10.2. The quantitative estimate of drug-likeness (QED) is 0.818. The monoisotopic (exact) mass is 340 g/mol. The molecule has 0 bridgehead atoms. The molecule has 2 aromatic rings. The summed E-state index contributed by atoms with van der Waals surface area (Å²) in [5.41, 5.74) is 1.09. The Morgan fingerprint density at radius 3 is 2.15 bits per heavy atom. The molecule has 6 heteroatoms. The van der Waals surface area contributed by atoms with Crippen LogP contribution < -0.4 is 10.6 Å². The van der Waals surface area contributed by atoms with Crippen LogP contribution >= 0.6 is 15.9 Å². The van der Waals surface area contributed by atoms with Crippen LogP contribution in [-0.2, 0) is 0 Å². The van der Waals surface area contributed by atoms with Crippen LogP contribution in [0.4, 0.5) is 25.0 Å². The maximum Gasteiger partial charge on any atom is 0.323 e. The summed E-state index contributed by atoms with van der Waals surface area (Å²) in [6.07, 6.45) is 0. The van der Waals surface area contributed by atoms with Crippen molar-refractivity contribution < 1.29 is 13.6 Å². The fraction of sp³-hybridized carbons (Fsp3) is 0.0714. The van der Waals surface area contributed by atoms with E-state index in [4.69, 9.17) is 0 Å². The number of anilines is 2. The highest BCUT2D eigenvalue weighted by molar-refractivity contribution is 9.10. The molecule has 3 nitrogen and oxygen atoms in total. The topological polar surface area (TPSA) is 41.1 Å². The van der Waals surface area contributed by atoms with Gasteiger partial charge in [0.1, 0.15) is 5.69 Å². The molecule has 2 rings (SSSR count). The molecule has 20 heavy (non-hydrogen) atoms. The maximum absolute atomic E-state index is 13.6. The number of hydrogen-bond donors (Lipinski definition) is 2. The summed E-state index contributed by atoms with van der Waals surface area (Å²) in [4.78, 5) is 11.7. The number of amides is 2. The van der Waals surface area contributed by atoms with Gasteiger partial charge in [-0.1, -0.05) is 33.6 Å². The number of benzene rings is 2. The number of urea groups is 1. The van der Waals surface area contributed by atoms with Crippen molar-refractivity contribution in [2.24, 2.45) is 0 Å². The van der Waals surface area contributed by atoms with Crippen molar-refractivity contribution in [3.63, 3.8) is 0 Å². The second-order valence-electron chi connectivity index (χ2n) is 4.19. The molecular formula is C14H11BrF2N2O. The SMILES string of the molecule is Cc1ccc(NC(=O)Nc2c(F)cc(Br)cc2F)cc1. The molecule has 0 aromatic heterocycles. The smallest absolute Gasteiger partial charge is 0.308 e. The molecule has 0 fully saturated rings. The molecule has 0 atom stereocenters. The van der Waals surface area contributed by atoms with Crippen LogP contribution in [0, 0.1) is 18.6 Å². The molecular weight excluding hydrogens is 330 g/mol. The van der Waals surface area contributed by atoms with E-state index in [1.54, 1.807) is 12.1 Å². The van der Waals surface area contributed by atoms with E-state index < -0.39 is 23.4 Å². The fourth-order valence-electron chi connectivity index (χ4n) is 1.57. The minimum Gasteiger partial charge on any atom is -0.308 e. The zero-order valence-corrected chi connectivity index (χ0v) is 12.1. The van der Waals surface area contributed by atoms with E-state index in [2.05, 4.69) is 26.6 Å². The van der Waals surface area contributed by atoms with Crippen molar-refractivity contribution in [1.29, 1.82) is 0 Å². The van der Waals surface area contributed by atoms with Crippen molar-refractivity contribution in [2.45, 2.75) is 6.92 Å². The minimum absolute atomic E-state index is 0.261. The van der Waals surface area contributed by atoms with Gasteiger partial charge in [0.2, 0.25) is 0 Å². The second kappa shape index (κ2) is 6.00. The lowest BCUT2D eigenvalue weighted by Gasteiger charge is -2.10. The van der Waals surface area contributed by atoms with E-state index in [-0.39, 0.29) is 4.47 Å². The third kappa shape index (κ3) is 3.54. The van der Waals surface area contributed by atoms with Crippen molar-refractivity contribution >= 4 is 33.3 Å². The summed E-state index contributed by atoms with van der Waals surface area (Å²) in [6, 6.07) is 8.46. The second-order valence-corrected chi connectivity index (χ2v) is 5.11. The van der Waals surface area contributed by atoms with Gasteiger partial charge in [0.25, 0.3) is 0 Å². The van der Waals surface area contributed by atoms with Crippen LogP contribution in [0.2, 0.25) is 0 Å². The molecule has 0 radical (unpaired) electrons. The van der Waals surface area contributed by atoms with Gasteiger partial charge in [0.15, 0.2) is 11.6 Å². The van der Waals surface area contributed by atoms with Gasteiger partial charge in [-0.05, 0) is 31.2 Å². The Labute approximate surface area is 123 Å². The van der Waals surface area contributed by atoms with E-state index in [9.17, 15) is 13.6 Å². The Morgan fingerprint density at radius 1 is 1.05 bits per heavy atom. The highest BCUT2D eigenvalue weighted by Gasteiger charge is 2.13. The number of aryl methyl sites for hydroxylation is 1. The number of carbonyl (C=O) groups excluding carboxylic acids is 1. The molecule has 0 aliphatic carbocycles. The number of rotatable bonds is 2. The van der Waals surface area contributed by atoms with Gasteiger partial charge >= 0.3 is 6.03 Å². The number of hydrogen-bond acceptors (Lipinski definition) is 1. The molecule has 0 heterocycles. The van der Waals surface area contributed by atoms with E-state index >= 15 is 0 Å². The summed E-state index contributed by atoms with van der Waals surface area (Å²) >= 11 is 2.97. The molecule has 2 N–H and O–H groups in total. The average Bonchev–Trinajstić information content (AvgIpc) is 2.36. The Balaban J connectivity index is 2.10. The third-order valence-electron chi connectivity index (χ3n) is 2.55. The standard InChI is InChI=1S/C14H11BrF2N2O/c1-8-2-4-10(5-3-8)18-14(20)19-13-11(16)6-9(15)7-12(13)17/h2-7H,1H3,(H2,18,19,20). The van der Waals surface area contributed by atoms with Gasteiger partial charge in [0.05, 0.1) is 0 Å². The van der Waals surface area contributed by atoms with Crippen molar-refractivity contribution in [3.8, 4) is 0 Å². The van der Waals surface area contributed by atoms with Gasteiger partial charge in [-0.3, -0.25) is 0 Å². The number of carbonyl (C=O) groups is 1. The van der Waals surface area contributed by atoms with Crippen molar-refractivity contribution in [2.75, 3.05) is 10.6 Å². The summed E-state index contributed by atoms with van der Waals surface area (Å²) < 4.78 is 27.4. The zero-order valence-electron chi connectivity index (χ0n) is 10.5. The maximum atomic E-state index is 13.6. The first kappa shape index (κ1) is 14.5. The van der Waals surface area contributed by atoms with E-state index in [0.29, 0.717) is 5.69 Å². The Hall–Kier alpha value is -1.95. The molecule has 0 aliphatic rings. The van der Waals surface area contributed by atoms with E-state index in [1.165, 1.54) is 0 Å². The Morgan fingerprint density at radius 2 is 1.60 bits per heavy atom. The minimum atomic E-state index is -0.851. The first-order valence-corrected chi connectivity index (χ1v) is 6.54. The first-order valence-electron chi connectivity index (χ1n) is 5.75. The molecule has 2 amide bonds. The molecule has 0 saturated heterocycles.